The van der Waals surface area contributed by atoms with Gasteiger partial charge in [0.05, 0.1) is 18.7 Å². The van der Waals surface area contributed by atoms with E-state index in [-0.39, 0.29) is 24.0 Å². The van der Waals surface area contributed by atoms with E-state index in [1.165, 1.54) is 12.7 Å². The van der Waals surface area contributed by atoms with Crippen molar-refractivity contribution in [2.75, 3.05) is 17.3 Å². The molecule has 0 spiro atoms. The number of hydrogen-bond acceptors (Lipinski definition) is 4. The summed E-state index contributed by atoms with van der Waals surface area (Å²) in [7, 11) is 1.38. The molecule has 0 saturated heterocycles. The molecule has 1 aliphatic rings. The quantitative estimate of drug-likeness (QED) is 0.538. The predicted octanol–water partition coefficient (Wildman–Crippen LogP) is 5.75. The Balaban J connectivity index is 1.76. The van der Waals surface area contributed by atoms with E-state index in [9.17, 15) is 9.59 Å². The Morgan fingerprint density at radius 1 is 1.00 bits per heavy atom. The van der Waals surface area contributed by atoms with Crippen LogP contribution in [0.15, 0.2) is 66.7 Å². The smallest absolute Gasteiger partial charge is 0.337 e. The largest absolute Gasteiger partial charge is 0.465 e. The summed E-state index contributed by atoms with van der Waals surface area (Å²) in [6, 6.07) is 22.1. The van der Waals surface area contributed by atoms with Gasteiger partial charge in [0.2, 0.25) is 5.91 Å². The highest BCUT2D eigenvalue weighted by molar-refractivity contribution is 5.94. The first-order chi connectivity index (χ1) is 15.4. The van der Waals surface area contributed by atoms with E-state index in [2.05, 4.69) is 55.6 Å². The fourth-order valence-electron chi connectivity index (χ4n) is 4.54. The van der Waals surface area contributed by atoms with Crippen molar-refractivity contribution in [1.82, 2.24) is 0 Å². The highest BCUT2D eigenvalue weighted by Crippen LogP contribution is 2.41. The summed E-state index contributed by atoms with van der Waals surface area (Å²) in [4.78, 5) is 26.3. The Labute approximate surface area is 189 Å². The molecule has 3 aromatic carbocycles. The number of rotatable bonds is 4. The fraction of sp³-hybridized carbons (Fsp3) is 0.259. The van der Waals surface area contributed by atoms with Crippen LogP contribution in [0, 0.1) is 6.92 Å². The Morgan fingerprint density at radius 3 is 2.47 bits per heavy atom. The van der Waals surface area contributed by atoms with E-state index in [1.54, 1.807) is 19.1 Å². The zero-order valence-electron chi connectivity index (χ0n) is 18.9. The van der Waals surface area contributed by atoms with Gasteiger partial charge in [-0.1, -0.05) is 42.0 Å². The number of ether oxygens (including phenoxy) is 1. The van der Waals surface area contributed by atoms with Crippen LogP contribution in [0.25, 0.3) is 11.1 Å². The number of nitrogens with zero attached hydrogens (tertiary/aromatic N) is 1. The first kappa shape index (κ1) is 21.6. The van der Waals surface area contributed by atoms with Gasteiger partial charge in [0.25, 0.3) is 0 Å². The van der Waals surface area contributed by atoms with Crippen molar-refractivity contribution in [1.29, 1.82) is 0 Å². The number of carbonyl (C=O) groups excluding carboxylic acids is 2. The molecule has 0 aliphatic carbocycles. The molecule has 164 valence electrons. The van der Waals surface area contributed by atoms with Crippen molar-refractivity contribution >= 4 is 23.3 Å². The van der Waals surface area contributed by atoms with Crippen LogP contribution >= 0.6 is 0 Å². The van der Waals surface area contributed by atoms with Gasteiger partial charge in [0, 0.05) is 24.3 Å². The van der Waals surface area contributed by atoms with E-state index >= 15 is 0 Å². The summed E-state index contributed by atoms with van der Waals surface area (Å²) < 4.78 is 4.86. The monoisotopic (exact) mass is 428 g/mol. The molecule has 3 aromatic rings. The van der Waals surface area contributed by atoms with E-state index in [4.69, 9.17) is 4.74 Å². The summed E-state index contributed by atoms with van der Waals surface area (Å²) >= 11 is 0. The van der Waals surface area contributed by atoms with Gasteiger partial charge in [0.15, 0.2) is 0 Å². The number of carbonyl (C=O) groups is 2. The van der Waals surface area contributed by atoms with Crippen molar-refractivity contribution in [2.24, 2.45) is 0 Å². The predicted molar refractivity (Wildman–Crippen MR) is 128 cm³/mol. The molecule has 5 heteroatoms. The minimum Gasteiger partial charge on any atom is -0.465 e. The molecule has 1 aliphatic heterocycles. The normalized spacial score (nSPS) is 17.4. The van der Waals surface area contributed by atoms with Gasteiger partial charge in [-0.3, -0.25) is 4.79 Å². The van der Waals surface area contributed by atoms with Crippen molar-refractivity contribution in [3.63, 3.8) is 0 Å². The average molecular weight is 429 g/mol. The second-order valence-electron chi connectivity index (χ2n) is 8.39. The van der Waals surface area contributed by atoms with Gasteiger partial charge in [-0.2, -0.15) is 0 Å². The minimum absolute atomic E-state index is 0.00624. The Kier molecular flexibility index (Phi) is 5.99. The van der Waals surface area contributed by atoms with Crippen molar-refractivity contribution in [3.05, 3.63) is 83.4 Å². The topological polar surface area (TPSA) is 58.6 Å². The third-order valence-corrected chi connectivity index (χ3v) is 6.00. The van der Waals surface area contributed by atoms with Crippen LogP contribution in [0.5, 0.6) is 0 Å². The standard InChI is InChI=1S/C27H28N2O3/c1-17-7-5-8-20(13-17)21-11-12-26-24(16-21)25(14-18(2)29(26)19(3)30)28-23-10-6-9-22(15-23)27(31)32-4/h5-13,15-16,18,25,28H,14H2,1-4H3/t18-,25+/m0/s1. The molecule has 0 radical (unpaired) electrons. The van der Waals surface area contributed by atoms with Gasteiger partial charge >= 0.3 is 5.97 Å². The Morgan fingerprint density at radius 2 is 1.75 bits per heavy atom. The summed E-state index contributed by atoms with van der Waals surface area (Å²) in [5.41, 5.74) is 6.80. The van der Waals surface area contributed by atoms with E-state index in [1.807, 2.05) is 23.1 Å². The third kappa shape index (κ3) is 4.24. The number of aryl methyl sites for hydroxylation is 1. The molecule has 0 fully saturated rings. The Bertz CT molecular complexity index is 1170. The molecule has 0 aromatic heterocycles. The number of hydrogen-bond donors (Lipinski definition) is 1. The van der Waals surface area contributed by atoms with Gasteiger partial charge in [-0.25, -0.2) is 4.79 Å². The zero-order chi connectivity index (χ0) is 22.8. The van der Waals surface area contributed by atoms with E-state index < -0.39 is 0 Å². The molecular formula is C27H28N2O3. The second-order valence-corrected chi connectivity index (χ2v) is 8.39. The number of esters is 1. The van der Waals surface area contributed by atoms with Gasteiger partial charge in [-0.05, 0) is 67.3 Å². The molecule has 1 N–H and O–H groups in total. The van der Waals surface area contributed by atoms with Crippen molar-refractivity contribution in [3.8, 4) is 11.1 Å². The van der Waals surface area contributed by atoms with E-state index in [0.29, 0.717) is 5.56 Å². The van der Waals surface area contributed by atoms with Crippen LogP contribution in [-0.2, 0) is 9.53 Å². The number of methoxy groups -OCH3 is 1. The van der Waals surface area contributed by atoms with Crippen LogP contribution in [0.4, 0.5) is 11.4 Å². The van der Waals surface area contributed by atoms with Crippen LogP contribution in [0.3, 0.4) is 0 Å². The maximum atomic E-state index is 12.4. The summed E-state index contributed by atoms with van der Waals surface area (Å²) in [6.07, 6.45) is 0.756. The van der Waals surface area contributed by atoms with Crippen LogP contribution in [-0.4, -0.2) is 25.0 Å². The first-order valence-corrected chi connectivity index (χ1v) is 10.8. The number of benzene rings is 3. The minimum atomic E-state index is -0.365. The number of anilines is 2. The number of amides is 1. The molecule has 0 bridgehead atoms. The fourth-order valence-corrected chi connectivity index (χ4v) is 4.54. The first-order valence-electron chi connectivity index (χ1n) is 10.8. The van der Waals surface area contributed by atoms with Crippen LogP contribution in [0.1, 0.15) is 47.8 Å². The lowest BCUT2D eigenvalue weighted by Gasteiger charge is -2.39. The molecule has 2 atom stereocenters. The SMILES string of the molecule is COC(=O)c1cccc(N[C@@H]2C[C@H](C)N(C(C)=O)c3ccc(-c4cccc(C)c4)cc32)c1. The molecule has 4 rings (SSSR count). The van der Waals surface area contributed by atoms with Crippen molar-refractivity contribution in [2.45, 2.75) is 39.3 Å². The van der Waals surface area contributed by atoms with Gasteiger partial charge < -0.3 is 15.0 Å². The third-order valence-electron chi connectivity index (χ3n) is 6.00. The summed E-state index contributed by atoms with van der Waals surface area (Å²) in [6.45, 7) is 5.76. The van der Waals surface area contributed by atoms with Crippen LogP contribution < -0.4 is 10.2 Å². The highest BCUT2D eigenvalue weighted by Gasteiger charge is 2.32. The van der Waals surface area contributed by atoms with Gasteiger partial charge in [0.1, 0.15) is 0 Å². The lowest BCUT2D eigenvalue weighted by atomic mass is 9.88. The van der Waals surface area contributed by atoms with Gasteiger partial charge in [-0.15, -0.1) is 0 Å². The lowest BCUT2D eigenvalue weighted by Crippen LogP contribution is -2.43. The van der Waals surface area contributed by atoms with Crippen molar-refractivity contribution < 1.29 is 14.3 Å². The van der Waals surface area contributed by atoms with Crippen LogP contribution in [0.2, 0.25) is 0 Å². The maximum absolute atomic E-state index is 12.4. The molecule has 32 heavy (non-hydrogen) atoms. The zero-order valence-corrected chi connectivity index (χ0v) is 18.9. The number of nitrogens with one attached hydrogen (secondary N) is 1. The lowest BCUT2D eigenvalue weighted by molar-refractivity contribution is -0.117. The average Bonchev–Trinajstić information content (AvgIpc) is 2.78. The summed E-state index contributed by atoms with van der Waals surface area (Å²) in [5.74, 6) is -0.330. The molecule has 1 amide bonds. The highest BCUT2D eigenvalue weighted by atomic mass is 16.5. The molecule has 0 unspecified atom stereocenters. The second kappa shape index (κ2) is 8.87. The number of fused-ring (bicyclic) bond motifs is 1. The maximum Gasteiger partial charge on any atom is 0.337 e. The molecular weight excluding hydrogens is 400 g/mol. The van der Waals surface area contributed by atoms with E-state index in [0.717, 1.165) is 34.5 Å². The molecule has 1 heterocycles. The molecule has 0 saturated carbocycles. The molecule has 5 nitrogen and oxygen atoms in total. The summed E-state index contributed by atoms with van der Waals surface area (Å²) in [5, 5.41) is 3.59. The Hall–Kier alpha value is -3.60.